The van der Waals surface area contributed by atoms with E-state index in [2.05, 4.69) is 4.98 Å². The van der Waals surface area contributed by atoms with E-state index >= 15 is 0 Å². The number of hydrogen-bond acceptors (Lipinski definition) is 3. The molecule has 0 saturated carbocycles. The van der Waals surface area contributed by atoms with Crippen molar-refractivity contribution in [2.45, 2.75) is 12.7 Å². The fraction of sp³-hybridized carbons (Fsp3) is 0.357. The highest BCUT2D eigenvalue weighted by Crippen LogP contribution is 2.25. The number of halogens is 4. The van der Waals surface area contributed by atoms with Gasteiger partial charge in [-0.1, -0.05) is 11.6 Å². The maximum atomic E-state index is 12.3. The molecular formula is C14H14ClF3N2O. The van der Waals surface area contributed by atoms with Crippen LogP contribution in [0.4, 0.5) is 13.2 Å². The van der Waals surface area contributed by atoms with E-state index < -0.39 is 12.7 Å². The Morgan fingerprint density at radius 1 is 1.29 bits per heavy atom. The Morgan fingerprint density at radius 3 is 2.62 bits per heavy atom. The van der Waals surface area contributed by atoms with Gasteiger partial charge in [-0.25, -0.2) is 4.98 Å². The summed E-state index contributed by atoms with van der Waals surface area (Å²) in [6.07, 6.45) is -4.24. The quantitative estimate of drug-likeness (QED) is 0.800. The third-order valence-corrected chi connectivity index (χ3v) is 3.27. The van der Waals surface area contributed by atoms with E-state index in [0.29, 0.717) is 16.8 Å². The Bertz CT molecular complexity index is 646. The molecular weight excluding hydrogens is 305 g/mol. The zero-order valence-corrected chi connectivity index (χ0v) is 12.3. The number of benzene rings is 1. The largest absolute Gasteiger partial charge is 0.497 e. The van der Waals surface area contributed by atoms with E-state index in [9.17, 15) is 13.2 Å². The summed E-state index contributed by atoms with van der Waals surface area (Å²) in [5.74, 6) is 0.646. The fourth-order valence-corrected chi connectivity index (χ4v) is 2.26. The smallest absolute Gasteiger partial charge is 0.401 e. The van der Waals surface area contributed by atoms with Gasteiger partial charge in [-0.15, -0.1) is 0 Å². The molecule has 0 radical (unpaired) electrons. The van der Waals surface area contributed by atoms with Crippen LogP contribution < -0.4 is 4.74 Å². The van der Waals surface area contributed by atoms with Crippen molar-refractivity contribution in [3.05, 3.63) is 35.0 Å². The first-order valence-electron chi connectivity index (χ1n) is 6.17. The van der Waals surface area contributed by atoms with Gasteiger partial charge in [0.2, 0.25) is 0 Å². The van der Waals surface area contributed by atoms with Crippen LogP contribution in [-0.2, 0) is 6.54 Å². The van der Waals surface area contributed by atoms with E-state index in [-0.39, 0.29) is 11.7 Å². The van der Waals surface area contributed by atoms with Crippen molar-refractivity contribution in [2.24, 2.45) is 0 Å². The van der Waals surface area contributed by atoms with Gasteiger partial charge in [0.1, 0.15) is 10.9 Å². The summed E-state index contributed by atoms with van der Waals surface area (Å²) in [4.78, 5) is 5.36. The van der Waals surface area contributed by atoms with Gasteiger partial charge in [-0.05, 0) is 25.2 Å². The van der Waals surface area contributed by atoms with E-state index in [0.717, 1.165) is 10.3 Å². The molecule has 0 atom stereocenters. The molecule has 0 bridgehead atoms. The number of nitrogens with zero attached hydrogens (tertiary/aromatic N) is 2. The van der Waals surface area contributed by atoms with Gasteiger partial charge in [0, 0.05) is 23.6 Å². The summed E-state index contributed by atoms with van der Waals surface area (Å²) >= 11 is 6.05. The first-order chi connectivity index (χ1) is 9.78. The van der Waals surface area contributed by atoms with E-state index in [4.69, 9.17) is 16.3 Å². The second kappa shape index (κ2) is 6.07. The van der Waals surface area contributed by atoms with Gasteiger partial charge in [0.25, 0.3) is 0 Å². The minimum Gasteiger partial charge on any atom is -0.497 e. The number of hydrogen-bond donors (Lipinski definition) is 0. The predicted molar refractivity (Wildman–Crippen MR) is 75.7 cm³/mol. The van der Waals surface area contributed by atoms with E-state index in [1.165, 1.54) is 7.05 Å². The topological polar surface area (TPSA) is 25.4 Å². The lowest BCUT2D eigenvalue weighted by atomic mass is 10.1. The highest BCUT2D eigenvalue weighted by Gasteiger charge is 2.29. The Hall–Kier alpha value is -1.53. The molecule has 0 fully saturated rings. The number of pyridine rings is 1. The van der Waals surface area contributed by atoms with E-state index in [1.54, 1.807) is 31.4 Å². The average Bonchev–Trinajstić information content (AvgIpc) is 2.37. The van der Waals surface area contributed by atoms with E-state index in [1.807, 2.05) is 0 Å². The SMILES string of the molecule is COc1ccc2cc(CN(C)CC(F)(F)F)c(Cl)nc2c1. The lowest BCUT2D eigenvalue weighted by Crippen LogP contribution is -2.30. The summed E-state index contributed by atoms with van der Waals surface area (Å²) in [6.45, 7) is -0.919. The van der Waals surface area contributed by atoms with Crippen LogP contribution in [0.2, 0.25) is 5.15 Å². The van der Waals surface area contributed by atoms with Crippen LogP contribution >= 0.6 is 11.6 Å². The van der Waals surface area contributed by atoms with Gasteiger partial charge in [0.15, 0.2) is 0 Å². The van der Waals surface area contributed by atoms with Gasteiger partial charge in [0.05, 0.1) is 19.2 Å². The first-order valence-corrected chi connectivity index (χ1v) is 6.55. The van der Waals surface area contributed by atoms with Crippen molar-refractivity contribution < 1.29 is 17.9 Å². The molecule has 0 spiro atoms. The molecule has 114 valence electrons. The van der Waals surface area contributed by atoms with Crippen molar-refractivity contribution in [2.75, 3.05) is 20.7 Å². The summed E-state index contributed by atoms with van der Waals surface area (Å²) in [7, 11) is 2.94. The number of ether oxygens (including phenoxy) is 1. The van der Waals surface area contributed by atoms with Gasteiger partial charge < -0.3 is 4.74 Å². The zero-order valence-electron chi connectivity index (χ0n) is 11.5. The maximum Gasteiger partial charge on any atom is 0.401 e. The Kier molecular flexibility index (Phi) is 4.58. The second-order valence-corrected chi connectivity index (χ2v) is 5.14. The molecule has 0 amide bonds. The third kappa shape index (κ3) is 4.22. The van der Waals surface area contributed by atoms with Gasteiger partial charge >= 0.3 is 6.18 Å². The zero-order chi connectivity index (χ0) is 15.6. The van der Waals surface area contributed by atoms with Crippen LogP contribution in [0.25, 0.3) is 10.9 Å². The Labute approximate surface area is 125 Å². The molecule has 1 aromatic carbocycles. The molecule has 21 heavy (non-hydrogen) atoms. The van der Waals surface area contributed by atoms with Crippen LogP contribution in [0.5, 0.6) is 5.75 Å². The van der Waals surface area contributed by atoms with Crippen LogP contribution in [0, 0.1) is 0 Å². The molecule has 0 aliphatic carbocycles. The molecule has 0 saturated heterocycles. The van der Waals surface area contributed by atoms with Crippen molar-refractivity contribution in [3.63, 3.8) is 0 Å². The number of alkyl halides is 3. The van der Waals surface area contributed by atoms with Gasteiger partial charge in [-0.3, -0.25) is 4.90 Å². The summed E-state index contributed by atoms with van der Waals surface area (Å²) < 4.78 is 42.1. The highest BCUT2D eigenvalue weighted by atomic mass is 35.5. The Balaban J connectivity index is 2.26. The second-order valence-electron chi connectivity index (χ2n) is 4.78. The van der Waals surface area contributed by atoms with Crippen molar-refractivity contribution >= 4 is 22.5 Å². The molecule has 0 N–H and O–H groups in total. The van der Waals surface area contributed by atoms with Crippen molar-refractivity contribution in [1.82, 2.24) is 9.88 Å². The highest BCUT2D eigenvalue weighted by molar-refractivity contribution is 6.30. The maximum absolute atomic E-state index is 12.3. The number of rotatable bonds is 4. The minimum atomic E-state index is -4.24. The lowest BCUT2D eigenvalue weighted by Gasteiger charge is -2.19. The fourth-order valence-electron chi connectivity index (χ4n) is 2.06. The van der Waals surface area contributed by atoms with Crippen LogP contribution in [0.3, 0.4) is 0 Å². The molecule has 0 unspecified atom stereocenters. The van der Waals surface area contributed by atoms with Gasteiger partial charge in [-0.2, -0.15) is 13.2 Å². The molecule has 1 aromatic heterocycles. The number of methoxy groups -OCH3 is 1. The standard InChI is InChI=1S/C14H14ClF3N2O/c1-20(8-14(16,17)18)7-10-5-9-3-4-11(21-2)6-12(9)19-13(10)15/h3-6H,7-8H2,1-2H3. The minimum absolute atomic E-state index is 0.0767. The third-order valence-electron chi connectivity index (χ3n) is 2.94. The number of aromatic nitrogens is 1. The van der Waals surface area contributed by atoms with Crippen LogP contribution in [0.15, 0.2) is 24.3 Å². The monoisotopic (exact) mass is 318 g/mol. The lowest BCUT2D eigenvalue weighted by molar-refractivity contribution is -0.144. The summed E-state index contributed by atoms with van der Waals surface area (Å²) in [6, 6.07) is 7.04. The molecule has 0 aliphatic rings. The van der Waals surface area contributed by atoms with Crippen LogP contribution in [0.1, 0.15) is 5.56 Å². The molecule has 2 aromatic rings. The summed E-state index contributed by atoms with van der Waals surface area (Å²) in [5.41, 5.74) is 1.20. The Morgan fingerprint density at radius 2 is 2.00 bits per heavy atom. The molecule has 0 aliphatic heterocycles. The first kappa shape index (κ1) is 15.9. The normalized spacial score (nSPS) is 12.1. The number of fused-ring (bicyclic) bond motifs is 1. The van der Waals surface area contributed by atoms with Crippen LogP contribution in [-0.4, -0.2) is 36.8 Å². The average molecular weight is 319 g/mol. The molecule has 7 heteroatoms. The molecule has 1 heterocycles. The summed E-state index contributed by atoms with van der Waals surface area (Å²) in [5, 5.41) is 1.00. The predicted octanol–water partition coefficient (Wildman–Crippen LogP) is 3.89. The van der Waals surface area contributed by atoms with Crippen molar-refractivity contribution in [3.8, 4) is 5.75 Å². The van der Waals surface area contributed by atoms with Crippen molar-refractivity contribution in [1.29, 1.82) is 0 Å². The molecule has 3 nitrogen and oxygen atoms in total. The molecule has 2 rings (SSSR count).